The molecule has 3 heteroatoms. The van der Waals surface area contributed by atoms with E-state index in [0.717, 1.165) is 6.04 Å². The molecule has 1 N–H and O–H groups in total. The molecule has 2 aliphatic heterocycles. The third kappa shape index (κ3) is 1.86. The van der Waals surface area contributed by atoms with Gasteiger partial charge < -0.3 is 5.32 Å². The van der Waals surface area contributed by atoms with Gasteiger partial charge in [-0.15, -0.1) is 12.4 Å². The lowest BCUT2D eigenvalue weighted by molar-refractivity contribution is 0.180. The number of halogens is 1. The summed E-state index contributed by atoms with van der Waals surface area (Å²) in [5.41, 5.74) is 0. The maximum absolute atomic E-state index is 3.51. The molecule has 0 unspecified atom stereocenters. The van der Waals surface area contributed by atoms with E-state index < -0.39 is 0 Å². The molecule has 0 aliphatic carbocycles. The van der Waals surface area contributed by atoms with E-state index in [1.807, 2.05) is 0 Å². The summed E-state index contributed by atoms with van der Waals surface area (Å²) < 4.78 is 0. The summed E-state index contributed by atoms with van der Waals surface area (Å²) in [6.45, 7) is 6.11. The van der Waals surface area contributed by atoms with Crippen molar-refractivity contribution in [2.45, 2.75) is 31.8 Å². The van der Waals surface area contributed by atoms with Crippen LogP contribution in [0.15, 0.2) is 0 Å². The quantitative estimate of drug-likeness (QED) is 0.589. The van der Waals surface area contributed by atoms with E-state index in [9.17, 15) is 0 Å². The Labute approximate surface area is 74.7 Å². The van der Waals surface area contributed by atoms with Crippen LogP contribution in [-0.4, -0.2) is 36.6 Å². The standard InChI is InChI=1S/C8H16N2.ClH/c1-7-6-10-4-2-3-8(10)5-9-7;/h7-9H,2-6H2,1H3;1H/t7-,8-;/m1./s1. The van der Waals surface area contributed by atoms with Crippen LogP contribution in [0.2, 0.25) is 0 Å². The Hall–Kier alpha value is 0.210. The molecular weight excluding hydrogens is 160 g/mol. The summed E-state index contributed by atoms with van der Waals surface area (Å²) in [7, 11) is 0. The minimum Gasteiger partial charge on any atom is -0.311 e. The second kappa shape index (κ2) is 3.74. The maximum Gasteiger partial charge on any atom is 0.0221 e. The van der Waals surface area contributed by atoms with E-state index in [4.69, 9.17) is 0 Å². The third-order valence-corrected chi connectivity index (χ3v) is 2.71. The number of piperazine rings is 1. The van der Waals surface area contributed by atoms with Crippen LogP contribution in [-0.2, 0) is 0 Å². The highest BCUT2D eigenvalue weighted by molar-refractivity contribution is 5.85. The van der Waals surface area contributed by atoms with Crippen molar-refractivity contribution in [1.29, 1.82) is 0 Å². The molecule has 2 rings (SSSR count). The second-order valence-corrected chi connectivity index (χ2v) is 3.60. The minimum atomic E-state index is 0. The van der Waals surface area contributed by atoms with Gasteiger partial charge in [0.1, 0.15) is 0 Å². The summed E-state index contributed by atoms with van der Waals surface area (Å²) in [6, 6.07) is 1.59. The second-order valence-electron chi connectivity index (χ2n) is 3.60. The van der Waals surface area contributed by atoms with E-state index in [1.54, 1.807) is 0 Å². The first-order valence-corrected chi connectivity index (χ1v) is 4.33. The molecule has 0 aromatic carbocycles. The lowest BCUT2D eigenvalue weighted by Gasteiger charge is -2.34. The molecule has 2 atom stereocenters. The summed E-state index contributed by atoms with van der Waals surface area (Å²) in [5.74, 6) is 0. The Morgan fingerprint density at radius 2 is 2.27 bits per heavy atom. The molecule has 0 radical (unpaired) electrons. The van der Waals surface area contributed by atoms with E-state index in [-0.39, 0.29) is 12.4 Å². The summed E-state index contributed by atoms with van der Waals surface area (Å²) in [6.07, 6.45) is 2.83. The molecule has 0 spiro atoms. The predicted molar refractivity (Wildman–Crippen MR) is 49.3 cm³/mol. The highest BCUT2D eigenvalue weighted by atomic mass is 35.5. The van der Waals surface area contributed by atoms with Crippen molar-refractivity contribution in [3.05, 3.63) is 0 Å². The van der Waals surface area contributed by atoms with Gasteiger partial charge in [0.15, 0.2) is 0 Å². The molecule has 2 saturated heterocycles. The van der Waals surface area contributed by atoms with Crippen LogP contribution in [0.25, 0.3) is 0 Å². The molecule has 0 saturated carbocycles. The summed E-state index contributed by atoms with van der Waals surface area (Å²) >= 11 is 0. The van der Waals surface area contributed by atoms with Crippen molar-refractivity contribution in [2.75, 3.05) is 19.6 Å². The van der Waals surface area contributed by atoms with Crippen LogP contribution >= 0.6 is 12.4 Å². The van der Waals surface area contributed by atoms with E-state index in [1.165, 1.54) is 32.5 Å². The topological polar surface area (TPSA) is 15.3 Å². The average molecular weight is 177 g/mol. The van der Waals surface area contributed by atoms with Gasteiger partial charge in [0.05, 0.1) is 0 Å². The van der Waals surface area contributed by atoms with Crippen molar-refractivity contribution in [2.24, 2.45) is 0 Å². The van der Waals surface area contributed by atoms with Crippen molar-refractivity contribution < 1.29 is 0 Å². The normalized spacial score (nSPS) is 37.9. The molecule has 2 aliphatic rings. The molecule has 0 amide bonds. The molecule has 2 fully saturated rings. The molecule has 0 aromatic rings. The van der Waals surface area contributed by atoms with Crippen LogP contribution in [0.5, 0.6) is 0 Å². The van der Waals surface area contributed by atoms with Crippen molar-refractivity contribution in [1.82, 2.24) is 10.2 Å². The van der Waals surface area contributed by atoms with Gasteiger partial charge in [-0.1, -0.05) is 0 Å². The zero-order valence-electron chi connectivity index (χ0n) is 7.05. The average Bonchev–Trinajstić information content (AvgIpc) is 2.33. The number of hydrogen-bond acceptors (Lipinski definition) is 2. The van der Waals surface area contributed by atoms with Gasteiger partial charge in [-0.3, -0.25) is 4.90 Å². The first kappa shape index (κ1) is 9.30. The van der Waals surface area contributed by atoms with Crippen LogP contribution < -0.4 is 5.32 Å². The molecule has 66 valence electrons. The van der Waals surface area contributed by atoms with Crippen molar-refractivity contribution in [3.8, 4) is 0 Å². The van der Waals surface area contributed by atoms with E-state index >= 15 is 0 Å². The molecule has 11 heavy (non-hydrogen) atoms. The van der Waals surface area contributed by atoms with Gasteiger partial charge >= 0.3 is 0 Å². The van der Waals surface area contributed by atoms with Gasteiger partial charge in [0, 0.05) is 25.2 Å². The zero-order chi connectivity index (χ0) is 6.97. The first-order chi connectivity index (χ1) is 4.86. The Bertz CT molecular complexity index is 129. The lowest BCUT2D eigenvalue weighted by atomic mass is 10.1. The summed E-state index contributed by atoms with van der Waals surface area (Å²) in [5, 5.41) is 3.51. The number of nitrogens with one attached hydrogen (secondary N) is 1. The van der Waals surface area contributed by atoms with Crippen molar-refractivity contribution >= 4 is 12.4 Å². The van der Waals surface area contributed by atoms with E-state index in [0.29, 0.717) is 6.04 Å². The number of fused-ring (bicyclic) bond motifs is 1. The minimum absolute atomic E-state index is 0. The smallest absolute Gasteiger partial charge is 0.0221 e. The maximum atomic E-state index is 3.51. The Morgan fingerprint density at radius 3 is 3.09 bits per heavy atom. The molecule has 2 heterocycles. The van der Waals surface area contributed by atoms with Gasteiger partial charge in [0.2, 0.25) is 0 Å². The highest BCUT2D eigenvalue weighted by Crippen LogP contribution is 2.19. The monoisotopic (exact) mass is 176 g/mol. The molecule has 0 aromatic heterocycles. The van der Waals surface area contributed by atoms with Crippen LogP contribution in [0.4, 0.5) is 0 Å². The van der Waals surface area contributed by atoms with E-state index in [2.05, 4.69) is 17.1 Å². The first-order valence-electron chi connectivity index (χ1n) is 4.33. The SMILES string of the molecule is C[C@@H]1CN2CCC[C@@H]2CN1.Cl. The Balaban J connectivity index is 0.000000605. The number of nitrogens with zero attached hydrogens (tertiary/aromatic N) is 1. The zero-order valence-corrected chi connectivity index (χ0v) is 7.86. The fourth-order valence-electron chi connectivity index (χ4n) is 2.12. The fourth-order valence-corrected chi connectivity index (χ4v) is 2.12. The van der Waals surface area contributed by atoms with Gasteiger partial charge in [-0.05, 0) is 26.3 Å². The fraction of sp³-hybridized carbons (Fsp3) is 1.00. The van der Waals surface area contributed by atoms with Gasteiger partial charge in [-0.25, -0.2) is 0 Å². The predicted octanol–water partition coefficient (Wildman–Crippen LogP) is 0.864. The third-order valence-electron chi connectivity index (χ3n) is 2.71. The van der Waals surface area contributed by atoms with Crippen molar-refractivity contribution in [3.63, 3.8) is 0 Å². The summed E-state index contributed by atoms with van der Waals surface area (Å²) in [4.78, 5) is 2.63. The highest BCUT2D eigenvalue weighted by Gasteiger charge is 2.28. The number of rotatable bonds is 0. The Kier molecular flexibility index (Phi) is 3.16. The van der Waals surface area contributed by atoms with Gasteiger partial charge in [0.25, 0.3) is 0 Å². The molecular formula is C8H17ClN2. The lowest BCUT2D eigenvalue weighted by Crippen LogP contribution is -2.52. The Morgan fingerprint density at radius 1 is 1.45 bits per heavy atom. The largest absolute Gasteiger partial charge is 0.311 e. The van der Waals surface area contributed by atoms with Gasteiger partial charge in [-0.2, -0.15) is 0 Å². The molecule has 0 bridgehead atoms. The number of hydrogen-bond donors (Lipinski definition) is 1. The molecule has 2 nitrogen and oxygen atoms in total. The van der Waals surface area contributed by atoms with Crippen LogP contribution in [0.1, 0.15) is 19.8 Å². The van der Waals surface area contributed by atoms with Crippen LogP contribution in [0, 0.1) is 0 Å². The van der Waals surface area contributed by atoms with Crippen LogP contribution in [0.3, 0.4) is 0 Å².